The van der Waals surface area contributed by atoms with Gasteiger partial charge in [-0.1, -0.05) is 30.3 Å². The minimum Gasteiger partial charge on any atom is -0.326 e. The first-order valence-electron chi connectivity index (χ1n) is 8.98. The van der Waals surface area contributed by atoms with Crippen molar-refractivity contribution >= 4 is 23.3 Å². The van der Waals surface area contributed by atoms with Crippen LogP contribution in [-0.2, 0) is 4.79 Å². The van der Waals surface area contributed by atoms with Gasteiger partial charge in [0.2, 0.25) is 5.91 Å². The highest BCUT2D eigenvalue weighted by atomic mass is 16.2. The molecular weight excluding hydrogens is 340 g/mol. The summed E-state index contributed by atoms with van der Waals surface area (Å²) in [5.74, 6) is -0.489. The molecule has 0 spiro atoms. The van der Waals surface area contributed by atoms with E-state index in [2.05, 4.69) is 16.7 Å². The van der Waals surface area contributed by atoms with E-state index in [0.29, 0.717) is 17.9 Å². The number of anilines is 2. The molecule has 2 aromatic carbocycles. The summed E-state index contributed by atoms with van der Waals surface area (Å²) in [4.78, 5) is 25.6. The molecule has 2 aromatic rings. The van der Waals surface area contributed by atoms with Gasteiger partial charge in [0.15, 0.2) is 0 Å². The van der Waals surface area contributed by atoms with Crippen LogP contribution in [0.3, 0.4) is 0 Å². The van der Waals surface area contributed by atoms with Crippen LogP contribution in [0.25, 0.3) is 0 Å². The van der Waals surface area contributed by atoms with Crippen molar-refractivity contribution in [2.75, 3.05) is 17.2 Å². The zero-order valence-electron chi connectivity index (χ0n) is 15.2. The summed E-state index contributed by atoms with van der Waals surface area (Å²) in [7, 11) is 0. The second kappa shape index (κ2) is 8.37. The van der Waals surface area contributed by atoms with Crippen molar-refractivity contribution in [3.63, 3.8) is 0 Å². The molecule has 0 aliphatic carbocycles. The molecule has 6 heteroatoms. The van der Waals surface area contributed by atoms with Crippen LogP contribution in [-0.4, -0.2) is 29.4 Å². The first-order chi connectivity index (χ1) is 13.1. The van der Waals surface area contributed by atoms with E-state index in [-0.39, 0.29) is 23.9 Å². The highest BCUT2D eigenvalue weighted by Gasteiger charge is 2.35. The van der Waals surface area contributed by atoms with Crippen molar-refractivity contribution in [3.05, 3.63) is 60.2 Å². The number of nitrogens with one attached hydrogen (secondary N) is 2. The zero-order valence-corrected chi connectivity index (χ0v) is 15.2. The van der Waals surface area contributed by atoms with Crippen LogP contribution in [0.1, 0.15) is 31.2 Å². The first-order valence-corrected chi connectivity index (χ1v) is 8.98. The number of nitriles is 1. The molecule has 2 atom stereocenters. The molecular formula is C21H22N4O2. The van der Waals surface area contributed by atoms with E-state index in [9.17, 15) is 14.9 Å². The number of likely N-dealkylation sites (tertiary alicyclic amines) is 1. The Morgan fingerprint density at radius 2 is 1.70 bits per heavy atom. The molecule has 27 heavy (non-hydrogen) atoms. The van der Waals surface area contributed by atoms with E-state index >= 15 is 0 Å². The summed E-state index contributed by atoms with van der Waals surface area (Å²) < 4.78 is 0. The van der Waals surface area contributed by atoms with E-state index in [0.717, 1.165) is 18.4 Å². The van der Waals surface area contributed by atoms with Crippen LogP contribution >= 0.6 is 0 Å². The van der Waals surface area contributed by atoms with E-state index in [4.69, 9.17) is 0 Å². The lowest BCUT2D eigenvalue weighted by Gasteiger charge is -2.28. The van der Waals surface area contributed by atoms with Gasteiger partial charge in [0, 0.05) is 24.8 Å². The fourth-order valence-corrected chi connectivity index (χ4v) is 3.47. The van der Waals surface area contributed by atoms with Crippen molar-refractivity contribution < 1.29 is 9.59 Å². The molecule has 1 fully saturated rings. The quantitative estimate of drug-likeness (QED) is 0.863. The lowest BCUT2D eigenvalue weighted by molar-refractivity contribution is -0.114. The molecule has 1 saturated heterocycles. The van der Waals surface area contributed by atoms with E-state index in [1.54, 1.807) is 29.2 Å². The number of benzene rings is 2. The van der Waals surface area contributed by atoms with Gasteiger partial charge in [-0.3, -0.25) is 4.79 Å². The number of amides is 3. The highest BCUT2D eigenvalue weighted by Crippen LogP contribution is 2.31. The average molecular weight is 362 g/mol. The predicted molar refractivity (Wildman–Crippen MR) is 104 cm³/mol. The maximum absolute atomic E-state index is 12.8. The SMILES string of the molecule is CC(=O)Nc1ccc(NC(=O)N2CCCC2C(C#N)c2ccccc2)cc1. The molecule has 138 valence electrons. The van der Waals surface area contributed by atoms with Crippen molar-refractivity contribution in [2.45, 2.75) is 31.7 Å². The highest BCUT2D eigenvalue weighted by molar-refractivity contribution is 5.91. The standard InChI is InChI=1S/C21H22N4O2/c1-15(26)23-17-9-11-18(12-10-17)24-21(27)25-13-5-8-20(25)19(14-22)16-6-3-2-4-7-16/h2-4,6-7,9-12,19-20H,5,8,13H2,1H3,(H,23,26)(H,24,27). The summed E-state index contributed by atoms with van der Waals surface area (Å²) >= 11 is 0. The number of rotatable bonds is 4. The van der Waals surface area contributed by atoms with E-state index in [1.807, 2.05) is 30.3 Å². The molecule has 3 amide bonds. The Morgan fingerprint density at radius 3 is 2.30 bits per heavy atom. The molecule has 0 saturated carbocycles. The molecule has 2 unspecified atom stereocenters. The van der Waals surface area contributed by atoms with Crippen LogP contribution in [0.5, 0.6) is 0 Å². The maximum atomic E-state index is 12.8. The van der Waals surface area contributed by atoms with Gasteiger partial charge in [0.05, 0.1) is 18.0 Å². The molecule has 3 rings (SSSR count). The Bertz CT molecular complexity index is 843. The molecule has 0 radical (unpaired) electrons. The number of carbonyl (C=O) groups excluding carboxylic acids is 2. The van der Waals surface area contributed by atoms with Gasteiger partial charge in [-0.25, -0.2) is 4.79 Å². The van der Waals surface area contributed by atoms with Crippen molar-refractivity contribution in [3.8, 4) is 6.07 Å². The Hall–Kier alpha value is -3.33. The van der Waals surface area contributed by atoms with Crippen molar-refractivity contribution in [2.24, 2.45) is 0 Å². The Labute approximate surface area is 158 Å². The number of nitrogens with zero attached hydrogens (tertiary/aromatic N) is 2. The van der Waals surface area contributed by atoms with Gasteiger partial charge in [0.25, 0.3) is 0 Å². The van der Waals surface area contributed by atoms with Crippen LogP contribution in [0.2, 0.25) is 0 Å². The normalized spacial score (nSPS) is 17.0. The third-order valence-corrected chi connectivity index (χ3v) is 4.70. The molecule has 2 N–H and O–H groups in total. The van der Waals surface area contributed by atoms with Crippen molar-refractivity contribution in [1.82, 2.24) is 4.90 Å². The summed E-state index contributed by atoms with van der Waals surface area (Å²) in [5, 5.41) is 15.3. The van der Waals surface area contributed by atoms with E-state index < -0.39 is 0 Å². The summed E-state index contributed by atoms with van der Waals surface area (Å²) in [6.07, 6.45) is 1.69. The Kier molecular flexibility index (Phi) is 5.72. The van der Waals surface area contributed by atoms with Crippen LogP contribution in [0.15, 0.2) is 54.6 Å². The fraction of sp³-hybridized carbons (Fsp3) is 0.286. The zero-order chi connectivity index (χ0) is 19.2. The van der Waals surface area contributed by atoms with Gasteiger partial charge in [0.1, 0.15) is 0 Å². The number of hydrogen-bond donors (Lipinski definition) is 2. The summed E-state index contributed by atoms with van der Waals surface area (Å²) in [6.45, 7) is 2.08. The van der Waals surface area contributed by atoms with Crippen molar-refractivity contribution in [1.29, 1.82) is 5.26 Å². The molecule has 1 aliphatic heterocycles. The van der Waals surface area contributed by atoms with Crippen LogP contribution < -0.4 is 10.6 Å². The Morgan fingerprint density at radius 1 is 1.07 bits per heavy atom. The minimum atomic E-state index is -0.346. The topological polar surface area (TPSA) is 85.2 Å². The predicted octanol–water partition coefficient (Wildman–Crippen LogP) is 3.95. The van der Waals surface area contributed by atoms with Crippen LogP contribution in [0, 0.1) is 11.3 Å². The molecule has 0 aromatic heterocycles. The fourth-order valence-electron chi connectivity index (χ4n) is 3.47. The third kappa shape index (κ3) is 4.45. The van der Waals surface area contributed by atoms with Crippen LogP contribution in [0.4, 0.5) is 16.2 Å². The summed E-state index contributed by atoms with van der Waals surface area (Å²) in [5.41, 5.74) is 2.26. The van der Waals surface area contributed by atoms with Gasteiger partial charge < -0.3 is 15.5 Å². The molecule has 1 aliphatic rings. The van der Waals surface area contributed by atoms with Gasteiger partial charge in [-0.05, 0) is 42.7 Å². The lowest BCUT2D eigenvalue weighted by Crippen LogP contribution is -2.41. The monoisotopic (exact) mass is 362 g/mol. The second-order valence-electron chi connectivity index (χ2n) is 6.61. The first kappa shape index (κ1) is 18.5. The van der Waals surface area contributed by atoms with Gasteiger partial charge in [-0.2, -0.15) is 5.26 Å². The largest absolute Gasteiger partial charge is 0.326 e. The average Bonchev–Trinajstić information content (AvgIpc) is 3.14. The number of hydrogen-bond acceptors (Lipinski definition) is 3. The maximum Gasteiger partial charge on any atom is 0.322 e. The summed E-state index contributed by atoms with van der Waals surface area (Å²) in [6, 6.07) is 18.6. The van der Waals surface area contributed by atoms with Gasteiger partial charge >= 0.3 is 6.03 Å². The smallest absolute Gasteiger partial charge is 0.322 e. The molecule has 0 bridgehead atoms. The van der Waals surface area contributed by atoms with Gasteiger partial charge in [-0.15, -0.1) is 0 Å². The number of urea groups is 1. The molecule has 6 nitrogen and oxygen atoms in total. The minimum absolute atomic E-state index is 0.143. The number of carbonyl (C=O) groups is 2. The molecule has 1 heterocycles. The second-order valence-corrected chi connectivity index (χ2v) is 6.61. The lowest BCUT2D eigenvalue weighted by atomic mass is 9.91. The van der Waals surface area contributed by atoms with E-state index in [1.165, 1.54) is 6.92 Å². The third-order valence-electron chi connectivity index (χ3n) is 4.70. The Balaban J connectivity index is 1.70.